The van der Waals surface area contributed by atoms with Crippen molar-refractivity contribution in [3.63, 3.8) is 0 Å². The summed E-state index contributed by atoms with van der Waals surface area (Å²) >= 11 is 0. The van der Waals surface area contributed by atoms with Crippen LogP contribution in [0.5, 0.6) is 5.75 Å². The molecule has 1 atom stereocenters. The Kier molecular flexibility index (Phi) is 12.6. The van der Waals surface area contributed by atoms with Gasteiger partial charge in [0.15, 0.2) is 0 Å². The molecule has 7 nitrogen and oxygen atoms in total. The Labute approximate surface area is 223 Å². The summed E-state index contributed by atoms with van der Waals surface area (Å²) in [6, 6.07) is 8.40. The van der Waals surface area contributed by atoms with Gasteiger partial charge in [0.2, 0.25) is 0 Å². The number of fused-ring (bicyclic) bond motifs is 1. The van der Waals surface area contributed by atoms with E-state index < -0.39 is 0 Å². The van der Waals surface area contributed by atoms with E-state index in [9.17, 15) is 4.79 Å². The van der Waals surface area contributed by atoms with Crippen LogP contribution in [0.25, 0.3) is 11.1 Å². The van der Waals surface area contributed by atoms with E-state index in [2.05, 4.69) is 76.4 Å². The molecule has 0 radical (unpaired) electrons. The van der Waals surface area contributed by atoms with Crippen molar-refractivity contribution in [2.75, 3.05) is 11.9 Å². The zero-order chi connectivity index (χ0) is 28.3. The highest BCUT2D eigenvalue weighted by atomic mass is 16.5. The van der Waals surface area contributed by atoms with Gasteiger partial charge in [0, 0.05) is 11.7 Å². The minimum atomic E-state index is -0.292. The molecular weight excluding hydrogens is 468 g/mol. The molecule has 1 heterocycles. The number of aryl methyl sites for hydroxylation is 2. The normalized spacial score (nSPS) is 13.1. The molecule has 37 heavy (non-hydrogen) atoms. The standard InChI is InChI=1S/C27H38N2O3.C2H6.CH2O2/c1-16(2)28-26(30)29-22-14-17(3)24(25(18(22)4)19(5)32-27(6,7)8)21-11-12-23-20(15-21)10-9-13-31-23;1-2;2-1-3/h11-12,14-16,19H,9-10,13H2,1-8H3,(H2,28,29,30);1-2H3;1H,(H,2,3). The number of carboxylic acid groups (broad SMARTS) is 1. The molecule has 2 aromatic carbocycles. The fourth-order valence-corrected chi connectivity index (χ4v) is 4.49. The summed E-state index contributed by atoms with van der Waals surface area (Å²) in [6.45, 7) is 20.9. The number of amides is 2. The van der Waals surface area contributed by atoms with Gasteiger partial charge in [-0.3, -0.25) is 4.79 Å². The minimum absolute atomic E-state index is 0.0657. The smallest absolute Gasteiger partial charge is 0.319 e. The fourth-order valence-electron chi connectivity index (χ4n) is 4.49. The molecule has 0 aliphatic carbocycles. The van der Waals surface area contributed by atoms with Gasteiger partial charge in [-0.15, -0.1) is 0 Å². The predicted molar refractivity (Wildman–Crippen MR) is 152 cm³/mol. The average molecular weight is 515 g/mol. The molecule has 2 aromatic rings. The summed E-state index contributed by atoms with van der Waals surface area (Å²) in [6.07, 6.45) is 1.92. The molecule has 0 saturated carbocycles. The maximum atomic E-state index is 12.4. The van der Waals surface area contributed by atoms with Crippen LogP contribution in [0.3, 0.4) is 0 Å². The molecule has 206 valence electrons. The maximum absolute atomic E-state index is 12.4. The van der Waals surface area contributed by atoms with Crippen molar-refractivity contribution in [2.24, 2.45) is 0 Å². The first-order valence-electron chi connectivity index (χ1n) is 13.1. The molecule has 1 aliphatic heterocycles. The molecule has 7 heteroatoms. The van der Waals surface area contributed by atoms with Gasteiger partial charge in [0.1, 0.15) is 5.75 Å². The van der Waals surface area contributed by atoms with Crippen LogP contribution in [0.1, 0.15) is 90.2 Å². The lowest BCUT2D eigenvalue weighted by molar-refractivity contribution is -0.122. The maximum Gasteiger partial charge on any atom is 0.319 e. The number of anilines is 1. The Morgan fingerprint density at radius 2 is 1.76 bits per heavy atom. The first kappa shape index (κ1) is 32.0. The number of urea groups is 1. The summed E-state index contributed by atoms with van der Waals surface area (Å²) in [5.74, 6) is 0.985. The zero-order valence-electron chi connectivity index (χ0n) is 24.2. The SMILES string of the molecule is CC.Cc1cc(NC(=O)NC(C)C)c(C)c(C(C)OC(C)(C)C)c1-c1ccc2c(c1)CCCO2.O=CO. The van der Waals surface area contributed by atoms with Crippen molar-refractivity contribution >= 4 is 18.2 Å². The van der Waals surface area contributed by atoms with E-state index in [0.29, 0.717) is 0 Å². The Balaban J connectivity index is 0.00000127. The lowest BCUT2D eigenvalue weighted by Crippen LogP contribution is -2.34. The zero-order valence-corrected chi connectivity index (χ0v) is 24.2. The van der Waals surface area contributed by atoms with Crippen LogP contribution in [-0.4, -0.2) is 35.9 Å². The second kappa shape index (κ2) is 14.6. The third kappa shape index (κ3) is 9.39. The average Bonchev–Trinajstić information content (AvgIpc) is 2.80. The van der Waals surface area contributed by atoms with Crippen LogP contribution in [0.4, 0.5) is 10.5 Å². The van der Waals surface area contributed by atoms with E-state index in [-0.39, 0.29) is 30.3 Å². The summed E-state index contributed by atoms with van der Waals surface area (Å²) in [5, 5.41) is 12.8. The number of hydrogen-bond donors (Lipinski definition) is 3. The fraction of sp³-hybridized carbons (Fsp3) is 0.533. The van der Waals surface area contributed by atoms with Gasteiger partial charge in [-0.1, -0.05) is 19.9 Å². The monoisotopic (exact) mass is 514 g/mol. The second-order valence-corrected chi connectivity index (χ2v) is 10.2. The Morgan fingerprint density at radius 1 is 1.14 bits per heavy atom. The van der Waals surface area contributed by atoms with E-state index in [4.69, 9.17) is 19.4 Å². The molecule has 0 fully saturated rings. The third-order valence-electron chi connectivity index (χ3n) is 5.63. The topological polar surface area (TPSA) is 96.9 Å². The Bertz CT molecular complexity index is 1040. The van der Waals surface area contributed by atoms with E-state index in [0.717, 1.165) is 53.1 Å². The van der Waals surface area contributed by atoms with Crippen molar-refractivity contribution in [1.29, 1.82) is 0 Å². The van der Waals surface area contributed by atoms with Gasteiger partial charge >= 0.3 is 6.03 Å². The summed E-state index contributed by atoms with van der Waals surface area (Å²) in [7, 11) is 0. The van der Waals surface area contributed by atoms with Gasteiger partial charge in [0.05, 0.1) is 18.3 Å². The summed E-state index contributed by atoms with van der Waals surface area (Å²) in [5.41, 5.74) is 7.33. The Morgan fingerprint density at radius 3 is 2.32 bits per heavy atom. The minimum Gasteiger partial charge on any atom is -0.493 e. The van der Waals surface area contributed by atoms with Crippen LogP contribution < -0.4 is 15.4 Å². The summed E-state index contributed by atoms with van der Waals surface area (Å²) in [4.78, 5) is 20.8. The molecule has 2 amide bonds. The van der Waals surface area contributed by atoms with Gasteiger partial charge in [-0.25, -0.2) is 4.79 Å². The van der Waals surface area contributed by atoms with Gasteiger partial charge in [-0.2, -0.15) is 0 Å². The van der Waals surface area contributed by atoms with E-state index in [1.54, 1.807) is 0 Å². The van der Waals surface area contributed by atoms with E-state index in [1.807, 2.05) is 27.7 Å². The molecular formula is C30H46N2O5. The molecule has 0 spiro atoms. The number of benzene rings is 2. The predicted octanol–water partition coefficient (Wildman–Crippen LogP) is 7.43. The molecule has 3 rings (SSSR count). The number of ether oxygens (including phenoxy) is 2. The molecule has 0 aromatic heterocycles. The molecule has 1 unspecified atom stereocenters. The molecule has 3 N–H and O–H groups in total. The van der Waals surface area contributed by atoms with Crippen molar-refractivity contribution in [3.05, 3.63) is 46.5 Å². The lowest BCUT2D eigenvalue weighted by Gasteiger charge is -2.30. The summed E-state index contributed by atoms with van der Waals surface area (Å²) < 4.78 is 12.2. The molecule has 0 saturated heterocycles. The van der Waals surface area contributed by atoms with Crippen LogP contribution in [-0.2, 0) is 16.0 Å². The van der Waals surface area contributed by atoms with Crippen LogP contribution in [0.2, 0.25) is 0 Å². The first-order chi connectivity index (χ1) is 17.4. The van der Waals surface area contributed by atoms with Gasteiger partial charge in [0.25, 0.3) is 6.47 Å². The highest BCUT2D eigenvalue weighted by Gasteiger charge is 2.25. The van der Waals surface area contributed by atoms with Gasteiger partial charge < -0.3 is 25.2 Å². The largest absolute Gasteiger partial charge is 0.493 e. The number of carbonyl (C=O) groups excluding carboxylic acids is 1. The third-order valence-corrected chi connectivity index (χ3v) is 5.63. The molecule has 1 aliphatic rings. The van der Waals surface area contributed by atoms with E-state index in [1.165, 1.54) is 11.1 Å². The van der Waals surface area contributed by atoms with Crippen LogP contribution in [0.15, 0.2) is 24.3 Å². The van der Waals surface area contributed by atoms with Crippen LogP contribution in [0, 0.1) is 13.8 Å². The second-order valence-electron chi connectivity index (χ2n) is 10.2. The van der Waals surface area contributed by atoms with E-state index >= 15 is 0 Å². The van der Waals surface area contributed by atoms with Crippen molar-refractivity contribution in [2.45, 2.75) is 99.8 Å². The highest BCUT2D eigenvalue weighted by molar-refractivity contribution is 5.92. The highest BCUT2D eigenvalue weighted by Crippen LogP contribution is 2.41. The number of rotatable bonds is 5. The quantitative estimate of drug-likeness (QED) is 0.361. The first-order valence-corrected chi connectivity index (χ1v) is 13.1. The Hall–Kier alpha value is -3.06. The van der Waals surface area contributed by atoms with Crippen LogP contribution >= 0.6 is 0 Å². The number of carbonyl (C=O) groups is 2. The van der Waals surface area contributed by atoms with Gasteiger partial charge in [-0.05, 0) is 120 Å². The molecule has 0 bridgehead atoms. The van der Waals surface area contributed by atoms with Crippen molar-refractivity contribution in [1.82, 2.24) is 5.32 Å². The number of hydrogen-bond acceptors (Lipinski definition) is 4. The van der Waals surface area contributed by atoms with Crippen molar-refractivity contribution < 1.29 is 24.2 Å². The van der Waals surface area contributed by atoms with Crippen molar-refractivity contribution in [3.8, 4) is 16.9 Å². The number of nitrogens with one attached hydrogen (secondary N) is 2. The lowest BCUT2D eigenvalue weighted by atomic mass is 9.86.